The van der Waals surface area contributed by atoms with Gasteiger partial charge in [-0.1, -0.05) is 12.1 Å². The summed E-state index contributed by atoms with van der Waals surface area (Å²) in [6, 6.07) is 8.14. The summed E-state index contributed by atoms with van der Waals surface area (Å²) in [5, 5.41) is 0. The third kappa shape index (κ3) is 16.0. The van der Waals surface area contributed by atoms with Crippen LogP contribution in [0.1, 0.15) is 0 Å². The number of nitrogens with zero attached hydrogens (tertiary/aromatic N) is 2. The van der Waals surface area contributed by atoms with Crippen LogP contribution < -0.4 is 34.3 Å². The van der Waals surface area contributed by atoms with E-state index in [-0.39, 0.29) is 74.2 Å². The van der Waals surface area contributed by atoms with E-state index in [0.29, 0.717) is 13.2 Å². The van der Waals surface area contributed by atoms with Crippen molar-refractivity contribution in [3.8, 4) is 11.5 Å². The molecular weight excluding hydrogens is 675 g/mol. The van der Waals surface area contributed by atoms with Gasteiger partial charge < -0.3 is 34.3 Å². The summed E-state index contributed by atoms with van der Waals surface area (Å²) in [6.07, 6.45) is 0. The molecule has 33 heavy (non-hydrogen) atoms. The Labute approximate surface area is 271 Å². The quantitative estimate of drug-likeness (QED) is 0.306. The predicted octanol–water partition coefficient (Wildman–Crippen LogP) is -1.98. The van der Waals surface area contributed by atoms with Crippen molar-refractivity contribution in [2.75, 3.05) is 98.5 Å². The van der Waals surface area contributed by atoms with E-state index < -0.39 is 0 Å². The van der Waals surface area contributed by atoms with Crippen LogP contribution in [0.15, 0.2) is 24.3 Å². The maximum absolute atomic E-state index is 6.15. The van der Waals surface area contributed by atoms with E-state index >= 15 is 0 Å². The number of rotatable bonds is 0. The Morgan fingerprint density at radius 3 is 1.18 bits per heavy atom. The number of halogens is 2. The normalized spacial score (nSPS) is 24.1. The zero-order chi connectivity index (χ0) is 20.7. The van der Waals surface area contributed by atoms with E-state index in [9.17, 15) is 0 Å². The Kier molecular flexibility index (Phi) is 25.1. The van der Waals surface area contributed by atoms with Crippen LogP contribution in [-0.4, -0.2) is 108 Å². The van der Waals surface area contributed by atoms with Crippen LogP contribution in [0.5, 0.6) is 11.5 Å². The number of hydrogen-bond donors (Lipinski definition) is 0. The van der Waals surface area contributed by atoms with Crippen LogP contribution in [-0.2, 0) is 0 Å². The van der Waals surface area contributed by atoms with Gasteiger partial charge in [0.1, 0.15) is 13.2 Å². The second kappa shape index (κ2) is 23.4. The Hall–Kier alpha value is 2.30. The molecule has 3 heterocycles. The van der Waals surface area contributed by atoms with Crippen LogP contribution in [0.4, 0.5) is 0 Å². The Balaban J connectivity index is 0.00000341. The Morgan fingerprint density at radius 1 is 0.515 bits per heavy atom. The van der Waals surface area contributed by atoms with Gasteiger partial charge in [0.15, 0.2) is 11.5 Å². The largest absolute Gasteiger partial charge is 2.00 e. The Bertz CT molecular complexity index is 530. The molecule has 4 nitrogen and oxygen atoms in total. The van der Waals surface area contributed by atoms with E-state index in [4.69, 9.17) is 9.47 Å². The predicted molar refractivity (Wildman–Crippen MR) is 140 cm³/mol. The fourth-order valence-corrected chi connectivity index (χ4v) is 7.60. The van der Waals surface area contributed by atoms with Gasteiger partial charge in [-0.05, 0) is 12.1 Å². The molecule has 1 fully saturated rings. The van der Waals surface area contributed by atoms with Gasteiger partial charge in [-0.2, -0.15) is 47.0 Å². The summed E-state index contributed by atoms with van der Waals surface area (Å²) in [4.78, 5) is 5.15. The molecule has 191 valence electrons. The van der Waals surface area contributed by atoms with Crippen LogP contribution in [0, 0.1) is 49.4 Å². The maximum atomic E-state index is 6.15. The van der Waals surface area contributed by atoms with Gasteiger partial charge in [-0.25, -0.2) is 0 Å². The molecule has 3 aliphatic rings. The molecule has 11 heteroatoms. The van der Waals surface area contributed by atoms with Crippen LogP contribution in [0.25, 0.3) is 0 Å². The monoisotopic (exact) mass is 711 g/mol. The summed E-state index contributed by atoms with van der Waals surface area (Å²) in [5.74, 6) is 11.7. The molecule has 0 spiro atoms. The average molecular weight is 712 g/mol. The molecule has 2 bridgehead atoms. The zero-order valence-corrected chi connectivity index (χ0v) is 26.3. The van der Waals surface area contributed by atoms with E-state index in [1.54, 1.807) is 0 Å². The van der Waals surface area contributed by atoms with Crippen molar-refractivity contribution in [1.82, 2.24) is 9.80 Å². The first-order valence-corrected chi connectivity index (χ1v) is 15.6. The third-order valence-corrected chi connectivity index (χ3v) is 9.50. The number of benzene rings is 1. The van der Waals surface area contributed by atoms with Crippen LogP contribution >= 0.6 is 47.0 Å². The van der Waals surface area contributed by atoms with Gasteiger partial charge in [0.25, 0.3) is 0 Å². The van der Waals surface area contributed by atoms with Crippen molar-refractivity contribution in [2.45, 2.75) is 0 Å². The minimum absolute atomic E-state index is 0. The van der Waals surface area contributed by atoms with Crippen molar-refractivity contribution < 1.29 is 83.7 Å². The first kappa shape index (κ1) is 35.3. The van der Waals surface area contributed by atoms with E-state index in [2.05, 4.69) is 56.8 Å². The van der Waals surface area contributed by atoms with Crippen molar-refractivity contribution in [2.24, 2.45) is 0 Å². The summed E-state index contributed by atoms with van der Waals surface area (Å²) in [6.45, 7) is 8.00. The number of thioether (sulfide) groups is 4. The summed E-state index contributed by atoms with van der Waals surface area (Å²) in [5.41, 5.74) is 0. The first-order valence-electron chi connectivity index (χ1n) is 11.0. The van der Waals surface area contributed by atoms with E-state index in [1.807, 2.05) is 24.3 Å². The summed E-state index contributed by atoms with van der Waals surface area (Å²) < 4.78 is 12.3. The fraction of sp³-hybridized carbons (Fsp3) is 0.727. The van der Waals surface area contributed by atoms with Gasteiger partial charge >= 0.3 is 49.4 Å². The molecule has 3 aliphatic heterocycles. The molecule has 0 amide bonds. The van der Waals surface area contributed by atoms with Crippen LogP contribution in [0.3, 0.4) is 0 Å². The Morgan fingerprint density at radius 2 is 0.848 bits per heavy atom. The molecule has 1 aromatic rings. The number of ether oxygens (including phenoxy) is 2. The summed E-state index contributed by atoms with van der Waals surface area (Å²) >= 11 is 8.41. The molecule has 1 saturated heterocycles. The number of para-hydroxylation sites is 2. The standard InChI is InChI=1S/C22H36N2O2S4.2ClH.Eu/c1-2-4-22-21(3-1)25-11-5-23-7-13-27-17-19-29-15-9-24(6-12-26-22)10-16-30-20-18-28-14-8-23;;;/h1-4H,5-20H2;2*1H;/q;;;+2/p-2. The molecular formula is C22H36Cl2EuN2O2S4. The van der Waals surface area contributed by atoms with Crippen LogP contribution in [0.2, 0.25) is 0 Å². The fourth-order valence-electron chi connectivity index (χ4n) is 3.35. The smallest absolute Gasteiger partial charge is 1.00 e. The molecule has 0 saturated carbocycles. The third-order valence-electron chi connectivity index (χ3n) is 5.13. The minimum atomic E-state index is 0. The average Bonchev–Trinajstić information content (AvgIpc) is 2.76. The molecule has 0 aromatic heterocycles. The molecule has 0 atom stereocenters. The number of hydrogen-bond acceptors (Lipinski definition) is 8. The van der Waals surface area contributed by atoms with Crippen molar-refractivity contribution in [3.63, 3.8) is 0 Å². The molecule has 0 aliphatic carbocycles. The second-order valence-electron chi connectivity index (χ2n) is 7.28. The molecule has 1 aromatic carbocycles. The van der Waals surface area contributed by atoms with Gasteiger partial charge in [0.2, 0.25) is 0 Å². The number of fused-ring (bicyclic) bond motifs is 18. The summed E-state index contributed by atoms with van der Waals surface area (Å²) in [7, 11) is 0. The molecule has 1 radical (unpaired) electrons. The molecule has 0 N–H and O–H groups in total. The van der Waals surface area contributed by atoms with Crippen molar-refractivity contribution in [1.29, 1.82) is 0 Å². The first-order chi connectivity index (χ1) is 14.9. The van der Waals surface area contributed by atoms with Gasteiger partial charge in [0, 0.05) is 85.3 Å². The van der Waals surface area contributed by atoms with Gasteiger partial charge in [-0.3, -0.25) is 9.80 Å². The SMILES string of the molecule is [Cl-].[Cl-].[Eu+2].c1ccc2c(c1)OCCN1CCSCCSCCN(CCO2)CCSCCSCC1. The second-order valence-corrected chi connectivity index (χ2v) is 12.2. The van der Waals surface area contributed by atoms with E-state index in [0.717, 1.165) is 50.8 Å². The maximum Gasteiger partial charge on any atom is 2.00 e. The topological polar surface area (TPSA) is 24.9 Å². The van der Waals surface area contributed by atoms with Crippen molar-refractivity contribution >= 4 is 47.0 Å². The van der Waals surface area contributed by atoms with Gasteiger partial charge in [-0.15, -0.1) is 0 Å². The zero-order valence-electron chi connectivity index (χ0n) is 19.1. The minimum Gasteiger partial charge on any atom is -1.00 e. The van der Waals surface area contributed by atoms with Crippen molar-refractivity contribution in [3.05, 3.63) is 24.3 Å². The van der Waals surface area contributed by atoms with E-state index in [1.165, 1.54) is 46.0 Å². The molecule has 0 unspecified atom stereocenters. The van der Waals surface area contributed by atoms with Gasteiger partial charge in [0.05, 0.1) is 0 Å². The molecule has 4 rings (SSSR count).